The van der Waals surface area contributed by atoms with Gasteiger partial charge in [-0.2, -0.15) is 13.5 Å². The average molecular weight is 438 g/mol. The van der Waals surface area contributed by atoms with Gasteiger partial charge in [-0.3, -0.25) is 9.48 Å². The predicted octanol–water partition coefficient (Wildman–Crippen LogP) is 1.90. The zero-order valence-electron chi connectivity index (χ0n) is 15.0. The molecule has 0 radical (unpaired) electrons. The van der Waals surface area contributed by atoms with Crippen molar-refractivity contribution in [3.8, 4) is 16.9 Å². The summed E-state index contributed by atoms with van der Waals surface area (Å²) in [7, 11) is -4.33. The number of halogens is 3. The van der Waals surface area contributed by atoms with Crippen LogP contribution in [0.25, 0.3) is 11.1 Å². The Balaban J connectivity index is 1.70. The van der Waals surface area contributed by atoms with Gasteiger partial charge < -0.3 is 5.11 Å². The third kappa shape index (κ3) is 3.56. The number of phenols is 1. The van der Waals surface area contributed by atoms with E-state index in [2.05, 4.69) is 5.10 Å². The van der Waals surface area contributed by atoms with E-state index in [-0.39, 0.29) is 17.7 Å². The molecule has 1 fully saturated rings. The summed E-state index contributed by atoms with van der Waals surface area (Å²) in [5.41, 5.74) is -0.247. The number of hydrogen-bond donors (Lipinski definition) is 2. The fraction of sp³-hybridized carbons (Fsp3) is 0.111. The number of carbonyl (C=O) groups excluding carboxylic acids is 1. The van der Waals surface area contributed by atoms with Gasteiger partial charge in [0.25, 0.3) is 5.91 Å². The minimum absolute atomic E-state index is 0.000165. The summed E-state index contributed by atoms with van der Waals surface area (Å²) in [6.45, 7) is -0.680. The summed E-state index contributed by atoms with van der Waals surface area (Å²) < 4.78 is 69.3. The van der Waals surface area contributed by atoms with Crippen molar-refractivity contribution in [3.05, 3.63) is 65.7 Å². The van der Waals surface area contributed by atoms with Crippen LogP contribution < -0.4 is 9.03 Å². The number of nitrogens with one attached hydrogen (secondary N) is 1. The Bertz CT molecular complexity index is 1260. The van der Waals surface area contributed by atoms with E-state index in [0.29, 0.717) is 9.87 Å². The SMILES string of the molecule is O=C1CN(c2c(O)ccc(-c3cnn(Cc4cc(F)cc(F)c4)c3)c2F)S(=O)(=O)N1. The molecule has 156 valence electrons. The van der Waals surface area contributed by atoms with Crippen LogP contribution in [0.4, 0.5) is 18.9 Å². The summed E-state index contributed by atoms with van der Waals surface area (Å²) in [5, 5.41) is 14.0. The summed E-state index contributed by atoms with van der Waals surface area (Å²) in [6.07, 6.45) is 2.67. The number of carbonyl (C=O) groups is 1. The van der Waals surface area contributed by atoms with Crippen molar-refractivity contribution in [1.29, 1.82) is 0 Å². The normalized spacial score (nSPS) is 15.4. The molecule has 4 rings (SSSR count). The molecule has 30 heavy (non-hydrogen) atoms. The first-order chi connectivity index (χ1) is 14.1. The van der Waals surface area contributed by atoms with Crippen LogP contribution in [-0.4, -0.2) is 35.8 Å². The van der Waals surface area contributed by atoms with E-state index in [1.165, 1.54) is 23.1 Å². The van der Waals surface area contributed by atoms with E-state index in [9.17, 15) is 27.1 Å². The van der Waals surface area contributed by atoms with Crippen molar-refractivity contribution in [2.24, 2.45) is 0 Å². The maximum Gasteiger partial charge on any atom is 0.326 e. The van der Waals surface area contributed by atoms with Gasteiger partial charge in [0, 0.05) is 23.4 Å². The zero-order chi connectivity index (χ0) is 21.6. The van der Waals surface area contributed by atoms with Crippen molar-refractivity contribution in [2.75, 3.05) is 10.8 Å². The van der Waals surface area contributed by atoms with Crippen LogP contribution in [0.3, 0.4) is 0 Å². The molecule has 3 aromatic rings. The molecule has 0 aliphatic carbocycles. The molecule has 0 saturated carbocycles. The van der Waals surface area contributed by atoms with Crippen molar-refractivity contribution in [2.45, 2.75) is 6.54 Å². The highest BCUT2D eigenvalue weighted by Crippen LogP contribution is 2.38. The number of amides is 1. The first-order valence-electron chi connectivity index (χ1n) is 8.46. The molecular weight excluding hydrogens is 425 g/mol. The molecular formula is C18H13F3N4O4S. The number of aromatic nitrogens is 2. The van der Waals surface area contributed by atoms with E-state index in [1.54, 1.807) is 4.72 Å². The van der Waals surface area contributed by atoms with Crippen molar-refractivity contribution in [3.63, 3.8) is 0 Å². The second kappa shape index (κ2) is 7.06. The highest BCUT2D eigenvalue weighted by atomic mass is 32.2. The van der Waals surface area contributed by atoms with E-state index < -0.39 is 51.5 Å². The van der Waals surface area contributed by atoms with Gasteiger partial charge in [-0.1, -0.05) is 0 Å². The summed E-state index contributed by atoms with van der Waals surface area (Å²) in [6, 6.07) is 5.30. The lowest BCUT2D eigenvalue weighted by Crippen LogP contribution is -2.30. The van der Waals surface area contributed by atoms with Gasteiger partial charge in [-0.25, -0.2) is 22.2 Å². The van der Waals surface area contributed by atoms with Gasteiger partial charge >= 0.3 is 10.2 Å². The monoisotopic (exact) mass is 438 g/mol. The lowest BCUT2D eigenvalue weighted by Gasteiger charge is -2.18. The van der Waals surface area contributed by atoms with Gasteiger partial charge in [-0.05, 0) is 29.8 Å². The molecule has 1 amide bonds. The van der Waals surface area contributed by atoms with Gasteiger partial charge in [0.1, 0.15) is 29.6 Å². The molecule has 1 aliphatic heterocycles. The third-order valence-corrected chi connectivity index (χ3v) is 5.75. The second-order valence-electron chi connectivity index (χ2n) is 6.54. The summed E-state index contributed by atoms with van der Waals surface area (Å²) >= 11 is 0. The fourth-order valence-corrected chi connectivity index (χ4v) is 4.30. The molecule has 12 heteroatoms. The summed E-state index contributed by atoms with van der Waals surface area (Å²) in [5.74, 6) is -4.11. The Hall–Kier alpha value is -3.54. The maximum absolute atomic E-state index is 15.1. The van der Waals surface area contributed by atoms with Crippen LogP contribution in [0.1, 0.15) is 5.56 Å². The smallest absolute Gasteiger partial charge is 0.326 e. The highest BCUT2D eigenvalue weighted by Gasteiger charge is 2.38. The van der Waals surface area contributed by atoms with Crippen LogP contribution in [-0.2, 0) is 21.5 Å². The average Bonchev–Trinajstić information content (AvgIpc) is 3.17. The number of aromatic hydroxyl groups is 1. The zero-order valence-corrected chi connectivity index (χ0v) is 15.8. The van der Waals surface area contributed by atoms with Gasteiger partial charge in [-0.15, -0.1) is 0 Å². The molecule has 0 bridgehead atoms. The van der Waals surface area contributed by atoms with E-state index in [4.69, 9.17) is 0 Å². The lowest BCUT2D eigenvalue weighted by molar-refractivity contribution is -0.117. The Labute approximate surface area is 168 Å². The fourth-order valence-electron chi connectivity index (χ4n) is 3.14. The standard InChI is InChI=1S/C18H13F3N4O4S/c19-12-3-10(4-13(20)5-12)7-24-8-11(6-22-24)14-1-2-15(26)18(17(14)21)25-9-16(27)23-30(25,28)29/h1-6,8,26H,7,9H2,(H,23,27). The largest absolute Gasteiger partial charge is 0.506 e. The molecule has 2 aromatic carbocycles. The van der Waals surface area contributed by atoms with Crippen molar-refractivity contribution in [1.82, 2.24) is 14.5 Å². The first kappa shape index (κ1) is 19.8. The second-order valence-corrected chi connectivity index (χ2v) is 8.13. The Kier molecular flexibility index (Phi) is 4.65. The topological polar surface area (TPSA) is 105 Å². The predicted molar refractivity (Wildman–Crippen MR) is 99.2 cm³/mol. The third-order valence-electron chi connectivity index (χ3n) is 4.38. The molecule has 2 heterocycles. The number of phenolic OH excluding ortho intramolecular Hbond substituents is 1. The number of hydrogen-bond acceptors (Lipinski definition) is 5. The van der Waals surface area contributed by atoms with Crippen LogP contribution in [0, 0.1) is 17.5 Å². The van der Waals surface area contributed by atoms with Gasteiger partial charge in [0.2, 0.25) is 0 Å². The molecule has 1 saturated heterocycles. The minimum atomic E-state index is -4.33. The molecule has 1 aliphatic rings. The summed E-state index contributed by atoms with van der Waals surface area (Å²) in [4.78, 5) is 11.4. The van der Waals surface area contributed by atoms with Crippen LogP contribution >= 0.6 is 0 Å². The highest BCUT2D eigenvalue weighted by molar-refractivity contribution is 7.92. The van der Waals surface area contributed by atoms with E-state index in [0.717, 1.165) is 24.3 Å². The number of anilines is 1. The molecule has 1 aromatic heterocycles. The van der Waals surface area contributed by atoms with Crippen molar-refractivity contribution < 1.29 is 31.5 Å². The minimum Gasteiger partial charge on any atom is -0.506 e. The number of rotatable bonds is 4. The number of nitrogens with zero attached hydrogens (tertiary/aromatic N) is 3. The Morgan fingerprint density at radius 2 is 1.83 bits per heavy atom. The van der Waals surface area contributed by atoms with Crippen LogP contribution in [0.15, 0.2) is 42.7 Å². The lowest BCUT2D eigenvalue weighted by atomic mass is 10.1. The maximum atomic E-state index is 15.1. The first-order valence-corrected chi connectivity index (χ1v) is 9.90. The van der Waals surface area contributed by atoms with Gasteiger partial charge in [0.15, 0.2) is 5.82 Å². The molecule has 0 atom stereocenters. The number of benzene rings is 2. The molecule has 0 spiro atoms. The Morgan fingerprint density at radius 1 is 1.13 bits per heavy atom. The van der Waals surface area contributed by atoms with E-state index >= 15 is 4.39 Å². The van der Waals surface area contributed by atoms with Crippen LogP contribution in [0.5, 0.6) is 5.75 Å². The molecule has 0 unspecified atom stereocenters. The van der Waals surface area contributed by atoms with E-state index in [1.807, 2.05) is 0 Å². The van der Waals surface area contributed by atoms with Gasteiger partial charge in [0.05, 0.1) is 12.7 Å². The molecule has 8 nitrogen and oxygen atoms in total. The molecule has 2 N–H and O–H groups in total. The quantitative estimate of drug-likeness (QED) is 0.648. The van der Waals surface area contributed by atoms with Crippen LogP contribution in [0.2, 0.25) is 0 Å². The van der Waals surface area contributed by atoms with Crippen molar-refractivity contribution >= 4 is 21.8 Å². The Morgan fingerprint density at radius 3 is 2.47 bits per heavy atom.